The highest BCUT2D eigenvalue weighted by Crippen LogP contribution is 2.15. The van der Waals surface area contributed by atoms with Gasteiger partial charge in [0.15, 0.2) is 5.11 Å². The van der Waals surface area contributed by atoms with Gasteiger partial charge in [0.05, 0.1) is 13.0 Å². The fraction of sp³-hybridized carbons (Fsp3) is 0.333. The summed E-state index contributed by atoms with van der Waals surface area (Å²) in [6.45, 7) is 3.38. The molecule has 1 fully saturated rings. The lowest BCUT2D eigenvalue weighted by molar-refractivity contribution is -0.148. The lowest BCUT2D eigenvalue weighted by atomic mass is 10.1. The van der Waals surface area contributed by atoms with Crippen molar-refractivity contribution in [3.8, 4) is 5.75 Å². The summed E-state index contributed by atoms with van der Waals surface area (Å²) in [5, 5.41) is 5.47. The highest BCUT2D eigenvalue weighted by atomic mass is 32.1. The third-order valence-electron chi connectivity index (χ3n) is 4.98. The van der Waals surface area contributed by atoms with Crippen LogP contribution in [0, 0.1) is 0 Å². The second-order valence-electron chi connectivity index (χ2n) is 7.49. The molecule has 9 heteroatoms. The first-order valence-corrected chi connectivity index (χ1v) is 11.2. The molecule has 33 heavy (non-hydrogen) atoms. The molecule has 1 heterocycles. The lowest BCUT2D eigenvalue weighted by Crippen LogP contribution is -2.60. The Kier molecular flexibility index (Phi) is 8.77. The number of thiocarbonyl (C=S) groups is 1. The van der Waals surface area contributed by atoms with Gasteiger partial charge >= 0.3 is 5.97 Å². The number of esters is 1. The van der Waals surface area contributed by atoms with Crippen molar-refractivity contribution in [1.82, 2.24) is 15.5 Å². The molecule has 174 valence electrons. The highest BCUT2D eigenvalue weighted by Gasteiger charge is 2.34. The topological polar surface area (TPSA) is 97.0 Å². The second kappa shape index (κ2) is 12.0. The van der Waals surface area contributed by atoms with Crippen LogP contribution in [0.5, 0.6) is 5.75 Å². The van der Waals surface area contributed by atoms with E-state index in [0.29, 0.717) is 31.0 Å². The molecule has 2 aromatic rings. The standard InChI is InChI=1S/C24H27N3O5S/c1-2-13-31-19-10-6-9-18(14-19)22(29)26-24(33)27-12-11-25-23(30)20(27)15-21(28)32-16-17-7-4-3-5-8-17/h3-10,14,20H,2,11-13,15-16H2,1H3,(H,25,30)(H,26,29,33). The maximum Gasteiger partial charge on any atom is 0.308 e. The summed E-state index contributed by atoms with van der Waals surface area (Å²) < 4.78 is 10.9. The number of hydrogen-bond acceptors (Lipinski definition) is 6. The van der Waals surface area contributed by atoms with E-state index in [2.05, 4.69) is 10.6 Å². The number of nitrogens with zero attached hydrogens (tertiary/aromatic N) is 1. The zero-order valence-electron chi connectivity index (χ0n) is 18.4. The summed E-state index contributed by atoms with van der Waals surface area (Å²) in [7, 11) is 0. The van der Waals surface area contributed by atoms with Crippen LogP contribution in [0.2, 0.25) is 0 Å². The van der Waals surface area contributed by atoms with Gasteiger partial charge in [0, 0.05) is 18.7 Å². The van der Waals surface area contributed by atoms with Gasteiger partial charge in [-0.2, -0.15) is 0 Å². The minimum atomic E-state index is -0.867. The van der Waals surface area contributed by atoms with Gasteiger partial charge in [0.2, 0.25) is 5.91 Å². The molecular weight excluding hydrogens is 442 g/mol. The van der Waals surface area contributed by atoms with E-state index in [9.17, 15) is 14.4 Å². The fourth-order valence-corrected chi connectivity index (χ4v) is 3.61. The summed E-state index contributed by atoms with van der Waals surface area (Å²) >= 11 is 5.41. The second-order valence-corrected chi connectivity index (χ2v) is 7.87. The molecule has 0 saturated carbocycles. The molecule has 0 radical (unpaired) electrons. The molecule has 1 saturated heterocycles. The number of nitrogens with one attached hydrogen (secondary N) is 2. The summed E-state index contributed by atoms with van der Waals surface area (Å²) in [6, 6.07) is 15.2. The van der Waals surface area contributed by atoms with Crippen molar-refractivity contribution in [1.29, 1.82) is 0 Å². The Morgan fingerprint density at radius 2 is 1.97 bits per heavy atom. The largest absolute Gasteiger partial charge is 0.494 e. The number of ether oxygens (including phenoxy) is 2. The van der Waals surface area contributed by atoms with E-state index in [1.165, 1.54) is 0 Å². The highest BCUT2D eigenvalue weighted by molar-refractivity contribution is 7.80. The molecule has 1 aliphatic rings. The number of piperazine rings is 1. The van der Waals surface area contributed by atoms with Crippen LogP contribution in [0.15, 0.2) is 54.6 Å². The Morgan fingerprint density at radius 3 is 2.73 bits per heavy atom. The van der Waals surface area contributed by atoms with Gasteiger partial charge < -0.3 is 19.7 Å². The van der Waals surface area contributed by atoms with Gasteiger partial charge in [-0.3, -0.25) is 19.7 Å². The normalized spacial score (nSPS) is 15.4. The van der Waals surface area contributed by atoms with Crippen LogP contribution in [0.4, 0.5) is 0 Å². The lowest BCUT2D eigenvalue weighted by Gasteiger charge is -2.36. The molecule has 1 unspecified atom stereocenters. The summed E-state index contributed by atoms with van der Waals surface area (Å²) in [6.07, 6.45) is 0.668. The molecule has 0 spiro atoms. The number of carbonyl (C=O) groups is 3. The molecule has 0 aromatic heterocycles. The molecule has 1 aliphatic heterocycles. The molecule has 8 nitrogen and oxygen atoms in total. The van der Waals surface area contributed by atoms with E-state index in [0.717, 1.165) is 12.0 Å². The quantitative estimate of drug-likeness (QED) is 0.453. The molecular formula is C24H27N3O5S. The number of hydrogen-bond donors (Lipinski definition) is 2. The van der Waals surface area contributed by atoms with Gasteiger partial charge in [-0.25, -0.2) is 0 Å². The van der Waals surface area contributed by atoms with Gasteiger partial charge in [0.25, 0.3) is 5.91 Å². The number of rotatable bonds is 8. The molecule has 0 aliphatic carbocycles. The SMILES string of the molecule is CCCOc1cccc(C(=O)NC(=S)N2CCNC(=O)C2CC(=O)OCc2ccccc2)c1. The summed E-state index contributed by atoms with van der Waals surface area (Å²) in [4.78, 5) is 39.1. The van der Waals surface area contributed by atoms with Gasteiger partial charge in [-0.05, 0) is 42.4 Å². The molecule has 3 rings (SSSR count). The first-order valence-electron chi connectivity index (χ1n) is 10.8. The van der Waals surface area contributed by atoms with E-state index < -0.39 is 17.9 Å². The number of benzene rings is 2. The number of carbonyl (C=O) groups excluding carboxylic acids is 3. The van der Waals surface area contributed by atoms with E-state index in [1.54, 1.807) is 29.2 Å². The maximum atomic E-state index is 12.7. The van der Waals surface area contributed by atoms with E-state index in [-0.39, 0.29) is 24.0 Å². The number of amides is 2. The Balaban J connectivity index is 1.60. The van der Waals surface area contributed by atoms with Crippen molar-refractivity contribution in [2.24, 2.45) is 0 Å². The third kappa shape index (κ3) is 7.01. The van der Waals surface area contributed by atoms with Gasteiger partial charge in [0.1, 0.15) is 18.4 Å². The predicted octanol–water partition coefficient (Wildman–Crippen LogP) is 2.42. The first-order chi connectivity index (χ1) is 16.0. The molecule has 2 N–H and O–H groups in total. The summed E-state index contributed by atoms with van der Waals surface area (Å²) in [5.41, 5.74) is 1.23. The van der Waals surface area contributed by atoms with Crippen molar-refractivity contribution in [2.45, 2.75) is 32.4 Å². The minimum absolute atomic E-state index is 0.0792. The average molecular weight is 470 g/mol. The third-order valence-corrected chi connectivity index (χ3v) is 5.32. The van der Waals surface area contributed by atoms with Crippen molar-refractivity contribution < 1.29 is 23.9 Å². The first kappa shape index (κ1) is 24.2. The van der Waals surface area contributed by atoms with Crippen LogP contribution in [0.25, 0.3) is 0 Å². The Morgan fingerprint density at radius 1 is 1.18 bits per heavy atom. The molecule has 1 atom stereocenters. The van der Waals surface area contributed by atoms with E-state index in [4.69, 9.17) is 21.7 Å². The van der Waals surface area contributed by atoms with Crippen LogP contribution < -0.4 is 15.4 Å². The van der Waals surface area contributed by atoms with Crippen LogP contribution in [0.1, 0.15) is 35.7 Å². The molecule has 2 aromatic carbocycles. The van der Waals surface area contributed by atoms with E-state index in [1.807, 2.05) is 37.3 Å². The van der Waals surface area contributed by atoms with Gasteiger partial charge in [-0.15, -0.1) is 0 Å². The zero-order chi connectivity index (χ0) is 23.6. The Hall–Kier alpha value is -3.46. The minimum Gasteiger partial charge on any atom is -0.494 e. The van der Waals surface area contributed by atoms with Crippen molar-refractivity contribution in [3.05, 3.63) is 65.7 Å². The zero-order valence-corrected chi connectivity index (χ0v) is 19.2. The molecule has 0 bridgehead atoms. The van der Waals surface area contributed by atoms with Crippen LogP contribution in [0.3, 0.4) is 0 Å². The van der Waals surface area contributed by atoms with Crippen molar-refractivity contribution in [3.63, 3.8) is 0 Å². The van der Waals surface area contributed by atoms with Gasteiger partial charge in [-0.1, -0.05) is 43.3 Å². The van der Waals surface area contributed by atoms with Crippen LogP contribution in [-0.4, -0.2) is 53.5 Å². The maximum absolute atomic E-state index is 12.7. The Bertz CT molecular complexity index is 999. The average Bonchev–Trinajstić information content (AvgIpc) is 2.83. The summed E-state index contributed by atoms with van der Waals surface area (Å²) in [5.74, 6) is -0.699. The predicted molar refractivity (Wildman–Crippen MR) is 127 cm³/mol. The molecule has 2 amide bonds. The Labute approximate surface area is 198 Å². The van der Waals surface area contributed by atoms with Crippen molar-refractivity contribution in [2.75, 3.05) is 19.7 Å². The van der Waals surface area contributed by atoms with Crippen LogP contribution >= 0.6 is 12.2 Å². The smallest absolute Gasteiger partial charge is 0.308 e. The van der Waals surface area contributed by atoms with Crippen LogP contribution in [-0.2, 0) is 20.9 Å². The van der Waals surface area contributed by atoms with Crippen molar-refractivity contribution >= 4 is 35.1 Å². The monoisotopic (exact) mass is 469 g/mol. The fourth-order valence-electron chi connectivity index (χ4n) is 3.30. The van der Waals surface area contributed by atoms with E-state index >= 15 is 0 Å².